The normalized spacial score (nSPS) is 20.8. The lowest BCUT2D eigenvalue weighted by atomic mass is 10.0. The Bertz CT molecular complexity index is 731. The van der Waals surface area contributed by atoms with Crippen molar-refractivity contribution in [3.63, 3.8) is 0 Å². The minimum Gasteiger partial charge on any atom is -0.334 e. The van der Waals surface area contributed by atoms with Gasteiger partial charge < -0.3 is 10.2 Å². The number of amides is 1. The average Bonchev–Trinajstić information content (AvgIpc) is 3.34. The highest BCUT2D eigenvalue weighted by Crippen LogP contribution is 2.35. The van der Waals surface area contributed by atoms with Gasteiger partial charge in [0.1, 0.15) is 0 Å². The number of nitrogens with one attached hydrogen (secondary N) is 1. The number of anilines is 2. The first-order chi connectivity index (χ1) is 12.3. The quantitative estimate of drug-likeness (QED) is 0.923. The predicted molar refractivity (Wildman–Crippen MR) is 93.0 cm³/mol. The predicted octanol–water partition coefficient (Wildman–Crippen LogP) is 2.86. The summed E-state index contributed by atoms with van der Waals surface area (Å²) in [6, 6.07) is 1.96. The number of aromatic nitrogens is 4. The van der Waals surface area contributed by atoms with Crippen molar-refractivity contribution in [2.45, 2.75) is 44.6 Å². The van der Waals surface area contributed by atoms with E-state index in [4.69, 9.17) is 0 Å². The van der Waals surface area contributed by atoms with Crippen LogP contribution < -0.4 is 5.32 Å². The molecule has 1 atom stereocenters. The van der Waals surface area contributed by atoms with Crippen LogP contribution in [-0.4, -0.2) is 37.3 Å². The van der Waals surface area contributed by atoms with Gasteiger partial charge in [-0.15, -0.1) is 0 Å². The van der Waals surface area contributed by atoms with Crippen molar-refractivity contribution in [2.24, 2.45) is 5.92 Å². The topological polar surface area (TPSA) is 83.9 Å². The van der Waals surface area contributed by atoms with Crippen LogP contribution in [0, 0.1) is 5.92 Å². The van der Waals surface area contributed by atoms with Crippen molar-refractivity contribution < 1.29 is 4.79 Å². The number of carbonyl (C=O) groups is 1. The number of likely N-dealkylation sites (tertiary alicyclic amines) is 1. The minimum atomic E-state index is 0.0542. The zero-order valence-electron chi connectivity index (χ0n) is 14.1. The number of rotatable bonds is 4. The van der Waals surface area contributed by atoms with Gasteiger partial charge >= 0.3 is 0 Å². The van der Waals surface area contributed by atoms with E-state index >= 15 is 0 Å². The molecule has 0 bridgehead atoms. The molecule has 2 fully saturated rings. The zero-order chi connectivity index (χ0) is 17.1. The fourth-order valence-corrected chi connectivity index (χ4v) is 3.84. The average molecular weight is 338 g/mol. The summed E-state index contributed by atoms with van der Waals surface area (Å²) in [5.41, 5.74) is 0.894. The Morgan fingerprint density at radius 1 is 1.08 bits per heavy atom. The molecular weight excluding hydrogens is 316 g/mol. The summed E-state index contributed by atoms with van der Waals surface area (Å²) in [6.45, 7) is 0.830. The summed E-state index contributed by atoms with van der Waals surface area (Å²) in [7, 11) is 0. The van der Waals surface area contributed by atoms with Crippen molar-refractivity contribution >= 4 is 17.7 Å². The van der Waals surface area contributed by atoms with E-state index in [2.05, 4.69) is 25.3 Å². The third-order valence-electron chi connectivity index (χ3n) is 5.06. The van der Waals surface area contributed by atoms with Crippen LogP contribution in [0.2, 0.25) is 0 Å². The molecule has 0 unspecified atom stereocenters. The SMILES string of the molecule is O=C(C1CCCC1)N1CCC[C@H]1c1ccnc(Nc2cnccn2)n1. The molecule has 130 valence electrons. The largest absolute Gasteiger partial charge is 0.334 e. The van der Waals surface area contributed by atoms with Crippen LogP contribution in [0.3, 0.4) is 0 Å². The molecule has 7 heteroatoms. The molecule has 1 N–H and O–H groups in total. The highest BCUT2D eigenvalue weighted by molar-refractivity contribution is 5.79. The molecule has 2 aromatic rings. The molecule has 4 rings (SSSR count). The second kappa shape index (κ2) is 7.13. The number of hydrogen-bond acceptors (Lipinski definition) is 6. The van der Waals surface area contributed by atoms with E-state index in [-0.39, 0.29) is 12.0 Å². The summed E-state index contributed by atoms with van der Waals surface area (Å²) in [5.74, 6) is 1.60. The van der Waals surface area contributed by atoms with E-state index in [9.17, 15) is 4.79 Å². The maximum Gasteiger partial charge on any atom is 0.228 e. The van der Waals surface area contributed by atoms with Gasteiger partial charge in [-0.05, 0) is 31.7 Å². The second-order valence-corrected chi connectivity index (χ2v) is 6.69. The number of hydrogen-bond donors (Lipinski definition) is 1. The third-order valence-corrected chi connectivity index (χ3v) is 5.06. The van der Waals surface area contributed by atoms with Crippen LogP contribution in [0.5, 0.6) is 0 Å². The van der Waals surface area contributed by atoms with Crippen LogP contribution >= 0.6 is 0 Å². The highest BCUT2D eigenvalue weighted by atomic mass is 16.2. The second-order valence-electron chi connectivity index (χ2n) is 6.69. The minimum absolute atomic E-state index is 0.0542. The van der Waals surface area contributed by atoms with E-state index in [1.54, 1.807) is 24.8 Å². The van der Waals surface area contributed by atoms with Gasteiger partial charge in [0.2, 0.25) is 11.9 Å². The first-order valence-corrected chi connectivity index (χ1v) is 8.98. The maximum absolute atomic E-state index is 12.9. The fourth-order valence-electron chi connectivity index (χ4n) is 3.84. The summed E-state index contributed by atoms with van der Waals surface area (Å²) >= 11 is 0. The van der Waals surface area contributed by atoms with E-state index in [0.29, 0.717) is 17.7 Å². The Morgan fingerprint density at radius 3 is 2.76 bits per heavy atom. The summed E-state index contributed by atoms with van der Waals surface area (Å²) in [5, 5.41) is 3.07. The van der Waals surface area contributed by atoms with Gasteiger partial charge in [0.05, 0.1) is 17.9 Å². The molecule has 0 spiro atoms. The Kier molecular flexibility index (Phi) is 4.54. The molecule has 1 aliphatic carbocycles. The smallest absolute Gasteiger partial charge is 0.228 e. The van der Waals surface area contributed by atoms with Crippen LogP contribution in [0.15, 0.2) is 30.9 Å². The van der Waals surface area contributed by atoms with Crippen molar-refractivity contribution in [3.8, 4) is 0 Å². The Morgan fingerprint density at radius 2 is 1.96 bits per heavy atom. The lowest BCUT2D eigenvalue weighted by molar-refractivity contribution is -0.136. The molecule has 0 aromatic carbocycles. The molecule has 1 saturated heterocycles. The first-order valence-electron chi connectivity index (χ1n) is 8.98. The van der Waals surface area contributed by atoms with Gasteiger partial charge in [-0.3, -0.25) is 9.78 Å². The molecule has 25 heavy (non-hydrogen) atoms. The van der Waals surface area contributed by atoms with Crippen LogP contribution in [-0.2, 0) is 4.79 Å². The van der Waals surface area contributed by atoms with Crippen LogP contribution in [0.4, 0.5) is 11.8 Å². The number of nitrogens with zero attached hydrogens (tertiary/aromatic N) is 5. The van der Waals surface area contributed by atoms with Crippen molar-refractivity contribution in [1.82, 2.24) is 24.8 Å². The standard InChI is InChI=1S/C18H22N6O/c25-17(13-4-1-2-5-13)24-11-3-6-15(24)14-7-8-21-18(22-14)23-16-12-19-9-10-20-16/h7-10,12-13,15H,1-6,11H2,(H,20,21,22,23)/t15-/m0/s1. The molecule has 1 aliphatic heterocycles. The van der Waals surface area contributed by atoms with Crippen molar-refractivity contribution in [3.05, 3.63) is 36.5 Å². The zero-order valence-corrected chi connectivity index (χ0v) is 14.1. The third kappa shape index (κ3) is 3.45. The van der Waals surface area contributed by atoms with E-state index in [0.717, 1.165) is 37.9 Å². The molecule has 2 aromatic heterocycles. The van der Waals surface area contributed by atoms with Crippen molar-refractivity contribution in [2.75, 3.05) is 11.9 Å². The Balaban J connectivity index is 1.52. The number of carbonyl (C=O) groups excluding carboxylic acids is 1. The molecule has 1 amide bonds. The van der Waals surface area contributed by atoms with Crippen molar-refractivity contribution in [1.29, 1.82) is 0 Å². The fraction of sp³-hybridized carbons (Fsp3) is 0.500. The van der Waals surface area contributed by atoms with Gasteiger partial charge in [-0.1, -0.05) is 12.8 Å². The molecule has 3 heterocycles. The van der Waals surface area contributed by atoms with Crippen LogP contribution in [0.1, 0.15) is 50.3 Å². The van der Waals surface area contributed by atoms with Gasteiger partial charge in [0.15, 0.2) is 5.82 Å². The van der Waals surface area contributed by atoms with Gasteiger partial charge in [0, 0.05) is 31.1 Å². The molecule has 0 radical (unpaired) electrons. The molecule has 2 aliphatic rings. The summed E-state index contributed by atoms with van der Waals surface area (Å²) < 4.78 is 0. The van der Waals surface area contributed by atoms with Crippen LogP contribution in [0.25, 0.3) is 0 Å². The molecular formula is C18H22N6O. The lowest BCUT2D eigenvalue weighted by Gasteiger charge is -2.27. The van der Waals surface area contributed by atoms with Gasteiger partial charge in [-0.25, -0.2) is 15.0 Å². The molecule has 1 saturated carbocycles. The van der Waals surface area contributed by atoms with E-state index < -0.39 is 0 Å². The summed E-state index contributed by atoms with van der Waals surface area (Å²) in [4.78, 5) is 32.0. The monoisotopic (exact) mass is 338 g/mol. The summed E-state index contributed by atoms with van der Waals surface area (Å²) in [6.07, 6.45) is 13.0. The Hall–Kier alpha value is -2.57. The highest BCUT2D eigenvalue weighted by Gasteiger charge is 2.35. The lowest BCUT2D eigenvalue weighted by Crippen LogP contribution is -2.35. The van der Waals surface area contributed by atoms with E-state index in [1.807, 2.05) is 11.0 Å². The van der Waals surface area contributed by atoms with E-state index in [1.165, 1.54) is 12.8 Å². The maximum atomic E-state index is 12.9. The molecule has 7 nitrogen and oxygen atoms in total. The Labute approximate surface area is 146 Å². The first kappa shape index (κ1) is 15.9. The van der Waals surface area contributed by atoms with Gasteiger partial charge in [0.25, 0.3) is 0 Å². The van der Waals surface area contributed by atoms with Gasteiger partial charge in [-0.2, -0.15) is 0 Å².